The minimum atomic E-state index is -0.471. The van der Waals surface area contributed by atoms with E-state index in [1.54, 1.807) is 60.7 Å². The number of fused-ring (bicyclic) bond motifs is 1. The molecule has 3 aromatic carbocycles. The summed E-state index contributed by atoms with van der Waals surface area (Å²) >= 11 is 0. The first-order valence-electron chi connectivity index (χ1n) is 10.1. The molecule has 0 atom stereocenters. The largest absolute Gasteiger partial charge is 0.497 e. The number of methoxy groups -OCH3 is 4. The molecule has 7 nitrogen and oxygen atoms in total. The van der Waals surface area contributed by atoms with Crippen LogP contribution in [0.1, 0.15) is 15.9 Å². The summed E-state index contributed by atoms with van der Waals surface area (Å²) in [5.41, 5.74) is 0.600. The van der Waals surface area contributed by atoms with Gasteiger partial charge in [0.05, 0.1) is 33.8 Å². The van der Waals surface area contributed by atoms with E-state index in [1.165, 1.54) is 28.4 Å². The Morgan fingerprint density at radius 1 is 0.788 bits per heavy atom. The second kappa shape index (κ2) is 9.08. The lowest BCUT2D eigenvalue weighted by atomic mass is 9.97. The van der Waals surface area contributed by atoms with Gasteiger partial charge in [-0.15, -0.1) is 0 Å². The molecule has 0 fully saturated rings. The summed E-state index contributed by atoms with van der Waals surface area (Å²) < 4.78 is 27.6. The van der Waals surface area contributed by atoms with Crippen LogP contribution in [0.5, 0.6) is 23.0 Å². The first kappa shape index (κ1) is 22.0. The van der Waals surface area contributed by atoms with Gasteiger partial charge in [0.1, 0.15) is 22.7 Å². The highest BCUT2D eigenvalue weighted by atomic mass is 16.5. The van der Waals surface area contributed by atoms with Gasteiger partial charge in [0, 0.05) is 11.1 Å². The summed E-state index contributed by atoms with van der Waals surface area (Å²) in [5.74, 6) is 1.35. The molecule has 0 unspecified atom stereocenters. The summed E-state index contributed by atoms with van der Waals surface area (Å²) in [6, 6.07) is 16.6. The SMILES string of the molecule is COc1ccc(C(=O)c2c(-c3cc(OC)c(OC)c(OC)c3)oc3ccccc3c2=O)cc1. The Morgan fingerprint density at radius 3 is 2.00 bits per heavy atom. The molecule has 0 saturated heterocycles. The summed E-state index contributed by atoms with van der Waals surface area (Å²) in [4.78, 5) is 27.0. The van der Waals surface area contributed by atoms with E-state index in [2.05, 4.69) is 0 Å². The zero-order valence-electron chi connectivity index (χ0n) is 18.6. The number of para-hydroxylation sites is 1. The van der Waals surface area contributed by atoms with Crippen molar-refractivity contribution in [1.82, 2.24) is 0 Å². The first-order valence-corrected chi connectivity index (χ1v) is 10.1. The number of benzene rings is 3. The Kier molecular flexibility index (Phi) is 6.04. The zero-order chi connectivity index (χ0) is 23.5. The van der Waals surface area contributed by atoms with Crippen LogP contribution in [0.3, 0.4) is 0 Å². The molecule has 4 aromatic rings. The Labute approximate surface area is 190 Å². The number of ether oxygens (including phenoxy) is 4. The van der Waals surface area contributed by atoms with E-state index in [1.807, 2.05) is 0 Å². The van der Waals surface area contributed by atoms with Crippen LogP contribution in [0.4, 0.5) is 0 Å². The summed E-state index contributed by atoms with van der Waals surface area (Å²) in [7, 11) is 6.01. The molecule has 168 valence electrons. The van der Waals surface area contributed by atoms with Crippen LogP contribution in [0.2, 0.25) is 0 Å². The van der Waals surface area contributed by atoms with Gasteiger partial charge in [0.25, 0.3) is 0 Å². The molecule has 0 N–H and O–H groups in total. The van der Waals surface area contributed by atoms with Gasteiger partial charge in [-0.2, -0.15) is 0 Å². The molecule has 0 aliphatic rings. The van der Waals surface area contributed by atoms with Gasteiger partial charge in [0.2, 0.25) is 17.0 Å². The highest BCUT2D eigenvalue weighted by Crippen LogP contribution is 2.42. The van der Waals surface area contributed by atoms with Gasteiger partial charge in [-0.25, -0.2) is 0 Å². The Bertz CT molecular complexity index is 1360. The third kappa shape index (κ3) is 3.89. The Balaban J connectivity index is 2.02. The van der Waals surface area contributed by atoms with Crippen molar-refractivity contribution in [2.75, 3.05) is 28.4 Å². The van der Waals surface area contributed by atoms with E-state index < -0.39 is 11.2 Å². The maximum absolute atomic E-state index is 13.5. The second-order valence-electron chi connectivity index (χ2n) is 7.10. The molecule has 0 radical (unpaired) electrons. The van der Waals surface area contributed by atoms with E-state index >= 15 is 0 Å². The van der Waals surface area contributed by atoms with E-state index in [0.29, 0.717) is 45.1 Å². The standard InChI is InChI=1S/C26H22O7/c1-29-17-11-9-15(10-12-17)23(27)22-24(28)18-7-5-6-8-19(18)33-25(22)16-13-20(30-2)26(32-4)21(14-16)31-3/h5-14H,1-4H3. The van der Waals surface area contributed by atoms with E-state index in [9.17, 15) is 9.59 Å². The fourth-order valence-electron chi connectivity index (χ4n) is 3.65. The van der Waals surface area contributed by atoms with Crippen LogP contribution in [0.25, 0.3) is 22.3 Å². The Morgan fingerprint density at radius 2 is 1.42 bits per heavy atom. The maximum Gasteiger partial charge on any atom is 0.204 e. The van der Waals surface area contributed by atoms with E-state index in [4.69, 9.17) is 23.4 Å². The lowest BCUT2D eigenvalue weighted by molar-refractivity contribution is 0.103. The van der Waals surface area contributed by atoms with Gasteiger partial charge in [-0.1, -0.05) is 12.1 Å². The minimum absolute atomic E-state index is 0.0897. The number of ketones is 1. The predicted octanol–water partition coefficient (Wildman–Crippen LogP) is 4.73. The molecule has 0 aliphatic carbocycles. The van der Waals surface area contributed by atoms with Crippen molar-refractivity contribution in [3.05, 3.63) is 82.0 Å². The van der Waals surface area contributed by atoms with E-state index in [-0.39, 0.29) is 11.3 Å². The highest BCUT2D eigenvalue weighted by molar-refractivity contribution is 6.13. The van der Waals surface area contributed by atoms with Gasteiger partial charge < -0.3 is 23.4 Å². The predicted molar refractivity (Wildman–Crippen MR) is 124 cm³/mol. The van der Waals surface area contributed by atoms with Crippen molar-refractivity contribution in [3.63, 3.8) is 0 Å². The summed E-state index contributed by atoms with van der Waals surface area (Å²) in [5, 5.41) is 0.311. The van der Waals surface area contributed by atoms with Crippen LogP contribution in [-0.2, 0) is 0 Å². The molecule has 0 amide bonds. The third-order valence-corrected chi connectivity index (χ3v) is 5.30. The van der Waals surface area contributed by atoms with Crippen molar-refractivity contribution < 1.29 is 28.2 Å². The lowest BCUT2D eigenvalue weighted by Gasteiger charge is -2.15. The van der Waals surface area contributed by atoms with Gasteiger partial charge >= 0.3 is 0 Å². The lowest BCUT2D eigenvalue weighted by Crippen LogP contribution is -2.18. The normalized spacial score (nSPS) is 10.7. The molecule has 0 saturated carbocycles. The summed E-state index contributed by atoms with van der Waals surface area (Å²) in [6.45, 7) is 0. The molecule has 1 aromatic heterocycles. The molecule has 1 heterocycles. The molecule has 33 heavy (non-hydrogen) atoms. The van der Waals surface area contributed by atoms with Crippen molar-refractivity contribution in [2.45, 2.75) is 0 Å². The van der Waals surface area contributed by atoms with Crippen molar-refractivity contribution in [3.8, 4) is 34.3 Å². The molecule has 4 rings (SSSR count). The van der Waals surface area contributed by atoms with Gasteiger partial charge in [-0.3, -0.25) is 9.59 Å². The maximum atomic E-state index is 13.5. The summed E-state index contributed by atoms with van der Waals surface area (Å²) in [6.07, 6.45) is 0. The monoisotopic (exact) mass is 446 g/mol. The molecule has 0 bridgehead atoms. The van der Waals surface area contributed by atoms with Crippen LogP contribution in [0, 0.1) is 0 Å². The van der Waals surface area contributed by atoms with Crippen LogP contribution < -0.4 is 24.4 Å². The van der Waals surface area contributed by atoms with Crippen molar-refractivity contribution in [1.29, 1.82) is 0 Å². The smallest absolute Gasteiger partial charge is 0.204 e. The number of carbonyl (C=O) groups excluding carboxylic acids is 1. The molecular weight excluding hydrogens is 424 g/mol. The average Bonchev–Trinajstić information content (AvgIpc) is 2.87. The van der Waals surface area contributed by atoms with Crippen LogP contribution in [0.15, 0.2) is 69.9 Å². The Hall–Kier alpha value is -4.26. The molecule has 0 aliphatic heterocycles. The number of hydrogen-bond acceptors (Lipinski definition) is 7. The zero-order valence-corrected chi connectivity index (χ0v) is 18.6. The number of rotatable bonds is 7. The first-order chi connectivity index (χ1) is 16.0. The minimum Gasteiger partial charge on any atom is -0.497 e. The topological polar surface area (TPSA) is 84.2 Å². The molecule has 0 spiro atoms. The quantitative estimate of drug-likeness (QED) is 0.380. The van der Waals surface area contributed by atoms with Crippen molar-refractivity contribution in [2.24, 2.45) is 0 Å². The second-order valence-corrected chi connectivity index (χ2v) is 7.10. The van der Waals surface area contributed by atoms with E-state index in [0.717, 1.165) is 0 Å². The molecule has 7 heteroatoms. The average molecular weight is 446 g/mol. The van der Waals surface area contributed by atoms with Crippen LogP contribution in [-0.4, -0.2) is 34.2 Å². The number of carbonyl (C=O) groups is 1. The third-order valence-electron chi connectivity index (χ3n) is 5.30. The van der Waals surface area contributed by atoms with Gasteiger partial charge in [0.15, 0.2) is 11.5 Å². The number of hydrogen-bond donors (Lipinski definition) is 0. The van der Waals surface area contributed by atoms with Gasteiger partial charge in [-0.05, 0) is 48.5 Å². The van der Waals surface area contributed by atoms with Crippen molar-refractivity contribution >= 4 is 16.8 Å². The molecular formula is C26H22O7. The highest BCUT2D eigenvalue weighted by Gasteiger charge is 2.25. The fourth-order valence-corrected chi connectivity index (χ4v) is 3.65. The fraction of sp³-hybridized carbons (Fsp3) is 0.154. The van der Waals surface area contributed by atoms with Crippen LogP contribution >= 0.6 is 0 Å².